The highest BCUT2D eigenvalue weighted by Gasteiger charge is 2.19. The van der Waals surface area contributed by atoms with E-state index in [4.69, 9.17) is 0 Å². The van der Waals surface area contributed by atoms with Crippen molar-refractivity contribution < 1.29 is 4.79 Å². The summed E-state index contributed by atoms with van der Waals surface area (Å²) in [5.74, 6) is -0.0853. The highest BCUT2D eigenvalue weighted by Crippen LogP contribution is 2.17. The fraction of sp³-hybridized carbons (Fsp3) is 0.417. The van der Waals surface area contributed by atoms with Crippen molar-refractivity contribution in [2.45, 2.75) is 20.0 Å². The molecule has 102 valence electrons. The number of carbonyl (C=O) groups is 1. The molecule has 0 atom stereocenters. The zero-order valence-electron chi connectivity index (χ0n) is 11.2. The average molecular weight is 326 g/mol. The second kappa shape index (κ2) is 5.56. The summed E-state index contributed by atoms with van der Waals surface area (Å²) in [6.45, 7) is 3.33. The third kappa shape index (κ3) is 2.86. The highest BCUT2D eigenvalue weighted by atomic mass is 79.9. The third-order valence-electron chi connectivity index (χ3n) is 2.86. The monoisotopic (exact) mass is 325 g/mol. The molecule has 0 N–H and O–H groups in total. The summed E-state index contributed by atoms with van der Waals surface area (Å²) in [5.41, 5.74) is 1.41. The van der Waals surface area contributed by atoms with Crippen LogP contribution in [0.5, 0.6) is 0 Å². The summed E-state index contributed by atoms with van der Waals surface area (Å²) < 4.78 is 4.10. The Labute approximate surface area is 120 Å². The van der Waals surface area contributed by atoms with Gasteiger partial charge in [-0.15, -0.1) is 0 Å². The summed E-state index contributed by atoms with van der Waals surface area (Å²) in [5, 5.41) is 8.41. The van der Waals surface area contributed by atoms with Gasteiger partial charge in [0.25, 0.3) is 5.91 Å². The van der Waals surface area contributed by atoms with Gasteiger partial charge in [0, 0.05) is 26.8 Å². The lowest BCUT2D eigenvalue weighted by molar-refractivity contribution is 0.0771. The standard InChI is InChI=1S/C12H16BrN5O/c1-4-18-6-5-9(15-18)8-16(2)12(19)11-10(13)7-14-17(11)3/h5-7H,4,8H2,1-3H3. The van der Waals surface area contributed by atoms with Crippen LogP contribution in [0.1, 0.15) is 23.1 Å². The Morgan fingerprint density at radius 1 is 1.53 bits per heavy atom. The molecule has 1 amide bonds. The van der Waals surface area contributed by atoms with Crippen molar-refractivity contribution in [3.05, 3.63) is 34.3 Å². The summed E-state index contributed by atoms with van der Waals surface area (Å²) in [4.78, 5) is 14.0. The molecule has 0 aromatic carbocycles. The van der Waals surface area contributed by atoms with Gasteiger partial charge in [-0.05, 0) is 28.9 Å². The van der Waals surface area contributed by atoms with E-state index in [2.05, 4.69) is 26.1 Å². The van der Waals surface area contributed by atoms with Gasteiger partial charge in [0.05, 0.1) is 22.9 Å². The molecular formula is C12H16BrN5O. The van der Waals surface area contributed by atoms with E-state index in [1.807, 2.05) is 23.9 Å². The summed E-state index contributed by atoms with van der Waals surface area (Å²) in [7, 11) is 3.50. The molecular weight excluding hydrogens is 310 g/mol. The van der Waals surface area contributed by atoms with Crippen molar-refractivity contribution in [2.24, 2.45) is 7.05 Å². The lowest BCUT2D eigenvalue weighted by Crippen LogP contribution is -2.28. The third-order valence-corrected chi connectivity index (χ3v) is 3.44. The lowest BCUT2D eigenvalue weighted by Gasteiger charge is -2.16. The van der Waals surface area contributed by atoms with Crippen LogP contribution in [0.15, 0.2) is 22.9 Å². The number of hydrogen-bond acceptors (Lipinski definition) is 3. The smallest absolute Gasteiger partial charge is 0.273 e. The van der Waals surface area contributed by atoms with Gasteiger partial charge in [0.2, 0.25) is 0 Å². The van der Waals surface area contributed by atoms with Crippen molar-refractivity contribution in [1.29, 1.82) is 0 Å². The fourth-order valence-electron chi connectivity index (χ4n) is 1.81. The Hall–Kier alpha value is -1.63. The number of nitrogens with zero attached hydrogens (tertiary/aromatic N) is 5. The molecule has 2 rings (SSSR count). The van der Waals surface area contributed by atoms with Gasteiger partial charge in [-0.25, -0.2) is 0 Å². The van der Waals surface area contributed by atoms with Crippen LogP contribution in [0.2, 0.25) is 0 Å². The number of rotatable bonds is 4. The molecule has 19 heavy (non-hydrogen) atoms. The molecule has 0 fully saturated rings. The topological polar surface area (TPSA) is 56.0 Å². The minimum Gasteiger partial charge on any atom is -0.334 e. The average Bonchev–Trinajstić information content (AvgIpc) is 2.96. The van der Waals surface area contributed by atoms with E-state index < -0.39 is 0 Å². The Kier molecular flexibility index (Phi) is 4.04. The van der Waals surface area contributed by atoms with Crippen LogP contribution < -0.4 is 0 Å². The molecule has 0 aliphatic heterocycles. The van der Waals surface area contributed by atoms with Gasteiger partial charge in [0.1, 0.15) is 5.69 Å². The largest absolute Gasteiger partial charge is 0.334 e. The first-order valence-electron chi connectivity index (χ1n) is 5.98. The van der Waals surface area contributed by atoms with Crippen LogP contribution in [0.25, 0.3) is 0 Å². The Bertz CT molecular complexity index is 569. The first-order chi connectivity index (χ1) is 9.02. The zero-order chi connectivity index (χ0) is 14.0. The van der Waals surface area contributed by atoms with E-state index >= 15 is 0 Å². The number of carbonyl (C=O) groups excluding carboxylic acids is 1. The van der Waals surface area contributed by atoms with Gasteiger partial charge in [-0.2, -0.15) is 10.2 Å². The molecule has 2 heterocycles. The second-order valence-electron chi connectivity index (χ2n) is 4.29. The van der Waals surface area contributed by atoms with E-state index in [1.54, 1.807) is 29.9 Å². The minimum atomic E-state index is -0.0853. The van der Waals surface area contributed by atoms with Gasteiger partial charge < -0.3 is 4.90 Å². The summed E-state index contributed by atoms with van der Waals surface area (Å²) in [6.07, 6.45) is 3.53. The maximum absolute atomic E-state index is 12.3. The molecule has 0 saturated heterocycles. The Morgan fingerprint density at radius 3 is 2.79 bits per heavy atom. The van der Waals surface area contributed by atoms with Crippen molar-refractivity contribution in [3.63, 3.8) is 0 Å². The Balaban J connectivity index is 2.11. The quantitative estimate of drug-likeness (QED) is 0.859. The number of hydrogen-bond donors (Lipinski definition) is 0. The molecule has 0 aliphatic carbocycles. The SMILES string of the molecule is CCn1ccc(CN(C)C(=O)c2c(Br)cnn2C)n1. The number of aromatic nitrogens is 4. The van der Waals surface area contributed by atoms with Crippen LogP contribution in [0, 0.1) is 0 Å². The van der Waals surface area contributed by atoms with E-state index in [-0.39, 0.29) is 5.91 Å². The zero-order valence-corrected chi connectivity index (χ0v) is 12.8. The van der Waals surface area contributed by atoms with Crippen molar-refractivity contribution >= 4 is 21.8 Å². The second-order valence-corrected chi connectivity index (χ2v) is 5.14. The molecule has 0 radical (unpaired) electrons. The lowest BCUT2D eigenvalue weighted by atomic mass is 10.3. The van der Waals surface area contributed by atoms with E-state index in [1.165, 1.54) is 0 Å². The van der Waals surface area contributed by atoms with Gasteiger partial charge in [0.15, 0.2) is 0 Å². The molecule has 0 saturated carbocycles. The van der Waals surface area contributed by atoms with Crippen molar-refractivity contribution in [2.75, 3.05) is 7.05 Å². The van der Waals surface area contributed by atoms with E-state index in [0.29, 0.717) is 16.7 Å². The normalized spacial score (nSPS) is 10.7. The van der Waals surface area contributed by atoms with Gasteiger partial charge in [-0.3, -0.25) is 14.2 Å². The van der Waals surface area contributed by atoms with Crippen molar-refractivity contribution in [1.82, 2.24) is 24.5 Å². The van der Waals surface area contributed by atoms with E-state index in [0.717, 1.165) is 12.2 Å². The molecule has 0 aliphatic rings. The fourth-order valence-corrected chi connectivity index (χ4v) is 2.33. The maximum atomic E-state index is 12.3. The molecule has 7 heteroatoms. The summed E-state index contributed by atoms with van der Waals surface area (Å²) in [6, 6.07) is 1.92. The predicted molar refractivity (Wildman–Crippen MR) is 74.6 cm³/mol. The van der Waals surface area contributed by atoms with Crippen LogP contribution in [0.3, 0.4) is 0 Å². The van der Waals surface area contributed by atoms with Crippen LogP contribution in [-0.2, 0) is 20.1 Å². The van der Waals surface area contributed by atoms with Crippen LogP contribution in [0.4, 0.5) is 0 Å². The molecule has 0 bridgehead atoms. The number of aryl methyl sites for hydroxylation is 2. The maximum Gasteiger partial charge on any atom is 0.273 e. The summed E-state index contributed by atoms with van der Waals surface area (Å²) >= 11 is 3.34. The molecule has 0 unspecified atom stereocenters. The molecule has 6 nitrogen and oxygen atoms in total. The van der Waals surface area contributed by atoms with Gasteiger partial charge >= 0.3 is 0 Å². The van der Waals surface area contributed by atoms with Crippen LogP contribution >= 0.6 is 15.9 Å². The molecule has 2 aromatic rings. The molecule has 2 aromatic heterocycles. The van der Waals surface area contributed by atoms with Gasteiger partial charge in [-0.1, -0.05) is 0 Å². The van der Waals surface area contributed by atoms with Crippen LogP contribution in [-0.4, -0.2) is 37.4 Å². The van der Waals surface area contributed by atoms with Crippen molar-refractivity contribution in [3.8, 4) is 0 Å². The highest BCUT2D eigenvalue weighted by molar-refractivity contribution is 9.10. The number of halogens is 1. The molecule has 0 spiro atoms. The first-order valence-corrected chi connectivity index (χ1v) is 6.77. The van der Waals surface area contributed by atoms with E-state index in [9.17, 15) is 4.79 Å². The predicted octanol–water partition coefficient (Wildman–Crippen LogP) is 1.67. The minimum absolute atomic E-state index is 0.0853. The first kappa shape index (κ1) is 13.8. The number of amides is 1. The Morgan fingerprint density at radius 2 is 2.26 bits per heavy atom.